The van der Waals surface area contributed by atoms with Crippen LogP contribution in [0.4, 0.5) is 14.9 Å². The molecule has 1 aromatic carbocycles. The van der Waals surface area contributed by atoms with Crippen molar-refractivity contribution in [3.05, 3.63) is 30.1 Å². The highest BCUT2D eigenvalue weighted by Gasteiger charge is 2.17. The van der Waals surface area contributed by atoms with Gasteiger partial charge in [-0.25, -0.2) is 9.18 Å². The van der Waals surface area contributed by atoms with Gasteiger partial charge in [-0.05, 0) is 24.5 Å². The van der Waals surface area contributed by atoms with Gasteiger partial charge in [0, 0.05) is 6.42 Å². The third-order valence-electron chi connectivity index (χ3n) is 3.97. The molecule has 2 N–H and O–H groups in total. The summed E-state index contributed by atoms with van der Waals surface area (Å²) in [6.07, 6.45) is 5.75. The van der Waals surface area contributed by atoms with Crippen molar-refractivity contribution >= 4 is 23.6 Å². The lowest BCUT2D eigenvalue weighted by Gasteiger charge is -2.09. The number of halogens is 1. The highest BCUT2D eigenvalue weighted by atomic mass is 19.1. The molecule has 0 bridgehead atoms. The molecule has 7 heteroatoms. The fourth-order valence-corrected chi connectivity index (χ4v) is 2.72. The van der Waals surface area contributed by atoms with Crippen LogP contribution >= 0.6 is 0 Å². The molecule has 6 nitrogen and oxygen atoms in total. The van der Waals surface area contributed by atoms with Crippen LogP contribution in [-0.4, -0.2) is 24.5 Å². The highest BCUT2D eigenvalue weighted by molar-refractivity contribution is 6.01. The average Bonchev–Trinajstić information content (AvgIpc) is 3.06. The Morgan fingerprint density at radius 2 is 1.88 bits per heavy atom. The van der Waals surface area contributed by atoms with Crippen LogP contribution < -0.4 is 10.6 Å². The number of carbonyl (C=O) groups is 3. The van der Waals surface area contributed by atoms with E-state index in [0.717, 1.165) is 19.3 Å². The summed E-state index contributed by atoms with van der Waals surface area (Å²) in [7, 11) is 0. The number of imide groups is 1. The van der Waals surface area contributed by atoms with Crippen molar-refractivity contribution in [2.24, 2.45) is 5.92 Å². The topological polar surface area (TPSA) is 84.5 Å². The summed E-state index contributed by atoms with van der Waals surface area (Å²) in [5.74, 6) is -1.26. The van der Waals surface area contributed by atoms with Gasteiger partial charge in [-0.2, -0.15) is 0 Å². The molecule has 0 aromatic heterocycles. The molecule has 0 spiro atoms. The van der Waals surface area contributed by atoms with Gasteiger partial charge >= 0.3 is 12.0 Å². The van der Waals surface area contributed by atoms with Gasteiger partial charge in [0.25, 0.3) is 5.91 Å². The van der Waals surface area contributed by atoms with Crippen LogP contribution in [0.3, 0.4) is 0 Å². The Morgan fingerprint density at radius 3 is 2.58 bits per heavy atom. The molecular formula is C17H21FN2O4. The second-order valence-corrected chi connectivity index (χ2v) is 5.83. The third-order valence-corrected chi connectivity index (χ3v) is 3.97. The molecule has 3 amide bonds. The van der Waals surface area contributed by atoms with Crippen LogP contribution in [0.15, 0.2) is 24.3 Å². The molecule has 1 aliphatic rings. The Morgan fingerprint density at radius 1 is 1.17 bits per heavy atom. The maximum absolute atomic E-state index is 13.4. The van der Waals surface area contributed by atoms with Crippen molar-refractivity contribution < 1.29 is 23.5 Å². The Hall–Kier alpha value is -2.44. The molecular weight excluding hydrogens is 315 g/mol. The Bertz CT molecular complexity index is 600. The van der Waals surface area contributed by atoms with Crippen molar-refractivity contribution in [2.45, 2.75) is 38.5 Å². The van der Waals surface area contributed by atoms with E-state index in [4.69, 9.17) is 4.74 Å². The van der Waals surface area contributed by atoms with Crippen molar-refractivity contribution in [2.75, 3.05) is 11.9 Å². The van der Waals surface area contributed by atoms with Gasteiger partial charge in [-0.1, -0.05) is 37.8 Å². The Kier molecular flexibility index (Phi) is 6.72. The smallest absolute Gasteiger partial charge is 0.326 e. The summed E-state index contributed by atoms with van der Waals surface area (Å²) in [5.41, 5.74) is -0.0450. The van der Waals surface area contributed by atoms with Crippen molar-refractivity contribution in [1.29, 1.82) is 0 Å². The third kappa shape index (κ3) is 5.98. The number of benzene rings is 1. The second-order valence-electron chi connectivity index (χ2n) is 5.83. The second kappa shape index (κ2) is 9.00. The Balaban J connectivity index is 1.64. The zero-order valence-electron chi connectivity index (χ0n) is 13.3. The van der Waals surface area contributed by atoms with E-state index >= 15 is 0 Å². The minimum absolute atomic E-state index is 0.0450. The number of esters is 1. The van der Waals surface area contributed by atoms with E-state index in [2.05, 4.69) is 5.32 Å². The highest BCUT2D eigenvalue weighted by Crippen LogP contribution is 2.28. The van der Waals surface area contributed by atoms with Gasteiger partial charge in [0.15, 0.2) is 6.61 Å². The molecule has 130 valence electrons. The molecule has 0 unspecified atom stereocenters. The standard InChI is InChI=1S/C17H21FN2O4/c18-13-7-3-4-8-14(13)19-17(23)20-15(21)11-24-16(22)10-9-12-5-1-2-6-12/h3-4,7-8,12H,1-2,5-6,9-11H2,(H2,19,20,21,23). The molecule has 2 rings (SSSR count). The van der Waals surface area contributed by atoms with E-state index in [1.807, 2.05) is 5.32 Å². The number of ether oxygens (including phenoxy) is 1. The number of anilines is 1. The zero-order chi connectivity index (χ0) is 17.4. The number of hydrogen-bond acceptors (Lipinski definition) is 4. The number of hydrogen-bond donors (Lipinski definition) is 2. The molecule has 0 radical (unpaired) electrons. The molecule has 1 saturated carbocycles. The first kappa shape index (κ1) is 17.9. The average molecular weight is 336 g/mol. The first-order valence-electron chi connectivity index (χ1n) is 8.05. The summed E-state index contributed by atoms with van der Waals surface area (Å²) < 4.78 is 18.2. The van der Waals surface area contributed by atoms with E-state index in [-0.39, 0.29) is 12.1 Å². The SMILES string of the molecule is O=C(COC(=O)CCC1CCCC1)NC(=O)Nc1ccccc1F. The molecule has 0 aliphatic heterocycles. The van der Waals surface area contributed by atoms with E-state index in [9.17, 15) is 18.8 Å². The van der Waals surface area contributed by atoms with Crippen LogP contribution in [0, 0.1) is 11.7 Å². The summed E-state index contributed by atoms with van der Waals surface area (Å²) >= 11 is 0. The molecule has 0 saturated heterocycles. The lowest BCUT2D eigenvalue weighted by molar-refractivity contribution is -0.148. The fraction of sp³-hybridized carbons (Fsp3) is 0.471. The molecule has 0 atom stereocenters. The van der Waals surface area contributed by atoms with E-state index in [0.29, 0.717) is 5.92 Å². The summed E-state index contributed by atoms with van der Waals surface area (Å²) in [5, 5.41) is 4.18. The minimum Gasteiger partial charge on any atom is -0.456 e. The molecule has 1 aliphatic carbocycles. The number of urea groups is 1. The van der Waals surface area contributed by atoms with E-state index in [1.54, 1.807) is 6.07 Å². The van der Waals surface area contributed by atoms with Crippen LogP contribution in [-0.2, 0) is 14.3 Å². The minimum atomic E-state index is -0.882. The fourth-order valence-electron chi connectivity index (χ4n) is 2.72. The summed E-state index contributed by atoms with van der Waals surface area (Å²) in [6, 6.07) is 4.69. The van der Waals surface area contributed by atoms with Gasteiger partial charge in [-0.15, -0.1) is 0 Å². The number of carbonyl (C=O) groups excluding carboxylic acids is 3. The predicted octanol–water partition coefficient (Wildman–Crippen LogP) is 2.99. The van der Waals surface area contributed by atoms with Crippen LogP contribution in [0.5, 0.6) is 0 Å². The monoisotopic (exact) mass is 336 g/mol. The van der Waals surface area contributed by atoms with E-state index < -0.39 is 30.3 Å². The molecule has 1 aromatic rings. The normalized spacial score (nSPS) is 14.2. The maximum Gasteiger partial charge on any atom is 0.326 e. The van der Waals surface area contributed by atoms with Gasteiger partial charge in [0.2, 0.25) is 0 Å². The van der Waals surface area contributed by atoms with Crippen molar-refractivity contribution in [3.63, 3.8) is 0 Å². The van der Waals surface area contributed by atoms with Crippen LogP contribution in [0.1, 0.15) is 38.5 Å². The van der Waals surface area contributed by atoms with Gasteiger partial charge in [0.1, 0.15) is 5.82 Å². The quantitative estimate of drug-likeness (QED) is 0.782. The predicted molar refractivity (Wildman–Crippen MR) is 85.7 cm³/mol. The summed E-state index contributed by atoms with van der Waals surface area (Å²) in [4.78, 5) is 34.7. The van der Waals surface area contributed by atoms with E-state index in [1.165, 1.54) is 31.0 Å². The largest absolute Gasteiger partial charge is 0.456 e. The van der Waals surface area contributed by atoms with Gasteiger partial charge in [-0.3, -0.25) is 14.9 Å². The zero-order valence-corrected chi connectivity index (χ0v) is 13.3. The van der Waals surface area contributed by atoms with Gasteiger partial charge < -0.3 is 10.1 Å². The first-order valence-corrected chi connectivity index (χ1v) is 8.05. The lowest BCUT2D eigenvalue weighted by Crippen LogP contribution is -2.37. The lowest BCUT2D eigenvalue weighted by atomic mass is 10.0. The Labute approximate surface area is 139 Å². The molecule has 1 fully saturated rings. The number of amides is 3. The maximum atomic E-state index is 13.4. The van der Waals surface area contributed by atoms with Gasteiger partial charge in [0.05, 0.1) is 5.69 Å². The van der Waals surface area contributed by atoms with Crippen molar-refractivity contribution in [3.8, 4) is 0 Å². The summed E-state index contributed by atoms with van der Waals surface area (Å²) in [6.45, 7) is -0.534. The van der Waals surface area contributed by atoms with Crippen LogP contribution in [0.2, 0.25) is 0 Å². The van der Waals surface area contributed by atoms with Crippen molar-refractivity contribution in [1.82, 2.24) is 5.32 Å². The molecule has 24 heavy (non-hydrogen) atoms. The first-order chi connectivity index (χ1) is 11.5. The van der Waals surface area contributed by atoms with Crippen LogP contribution in [0.25, 0.3) is 0 Å². The number of rotatable bonds is 6. The number of para-hydroxylation sites is 1. The molecule has 0 heterocycles. The number of nitrogens with one attached hydrogen (secondary N) is 2.